The van der Waals surface area contributed by atoms with Crippen LogP contribution in [0.3, 0.4) is 0 Å². The Hall–Kier alpha value is -2.81. The van der Waals surface area contributed by atoms with E-state index in [9.17, 15) is 9.59 Å². The van der Waals surface area contributed by atoms with E-state index in [1.807, 2.05) is 6.92 Å². The summed E-state index contributed by atoms with van der Waals surface area (Å²) in [6, 6.07) is 4.89. The van der Waals surface area contributed by atoms with E-state index in [2.05, 4.69) is 25.3 Å². The predicted octanol–water partition coefficient (Wildman–Crippen LogP) is 2.98. The predicted molar refractivity (Wildman–Crippen MR) is 98.7 cm³/mol. The Kier molecular flexibility index (Phi) is 7.22. The number of nitrogens with one attached hydrogen (secondary N) is 2. The van der Waals surface area contributed by atoms with Gasteiger partial charge in [0.15, 0.2) is 11.6 Å². The molecule has 2 aromatic heterocycles. The number of rotatable bonds is 7. The van der Waals surface area contributed by atoms with E-state index in [-0.39, 0.29) is 18.2 Å². The maximum absolute atomic E-state index is 11.6. The molecule has 0 atom stereocenters. The molecule has 0 fully saturated rings. The molecule has 2 N–H and O–H groups in total. The van der Waals surface area contributed by atoms with Crippen LogP contribution in [0.1, 0.15) is 12.1 Å². The van der Waals surface area contributed by atoms with Gasteiger partial charge in [-0.1, -0.05) is 0 Å². The molecule has 2 rings (SSSR count). The lowest BCUT2D eigenvalue weighted by Gasteiger charge is -2.13. The minimum atomic E-state index is -0.406. The molecule has 0 unspecified atom stereocenters. The molecule has 2 amide bonds. The second-order valence-electron chi connectivity index (χ2n) is 5.09. The lowest BCUT2D eigenvalue weighted by molar-refractivity contribution is -0.140. The van der Waals surface area contributed by atoms with Crippen molar-refractivity contribution < 1.29 is 19.1 Å². The highest BCUT2D eigenvalue weighted by atomic mass is 32.2. The van der Waals surface area contributed by atoms with E-state index in [1.165, 1.54) is 25.9 Å². The van der Waals surface area contributed by atoms with Crippen molar-refractivity contribution in [2.75, 3.05) is 25.2 Å². The number of amides is 2. The Morgan fingerprint density at radius 1 is 1.27 bits per heavy atom. The number of ether oxygens (including phenoxy) is 2. The minimum Gasteiger partial charge on any atom is -0.469 e. The molecule has 0 aromatic carbocycles. The fourth-order valence-electron chi connectivity index (χ4n) is 1.90. The van der Waals surface area contributed by atoms with E-state index in [1.54, 1.807) is 30.6 Å². The number of thioether (sulfide) groups is 1. The lowest BCUT2D eigenvalue weighted by atomic mass is 10.3. The van der Waals surface area contributed by atoms with Gasteiger partial charge in [-0.3, -0.25) is 15.1 Å². The standard InChI is InChI=1S/C17H20N4O4S/c1-11-13(5-4-7-19-11)25-14-9-12(26-8-6-15(22)24-3)10-20-16(14)21-17(23)18-2/h4-5,7,9-10H,6,8H2,1-3H3,(H2,18,20,21,23). The highest BCUT2D eigenvalue weighted by molar-refractivity contribution is 7.99. The monoisotopic (exact) mass is 376 g/mol. The third-order valence-corrected chi connectivity index (χ3v) is 4.23. The fourth-order valence-corrected chi connectivity index (χ4v) is 2.72. The van der Waals surface area contributed by atoms with Gasteiger partial charge in [-0.05, 0) is 25.1 Å². The Balaban J connectivity index is 2.21. The molecule has 0 radical (unpaired) electrons. The van der Waals surface area contributed by atoms with Crippen LogP contribution >= 0.6 is 11.8 Å². The molecule has 0 aliphatic rings. The molecule has 0 aliphatic carbocycles. The van der Waals surface area contributed by atoms with Crippen molar-refractivity contribution in [3.63, 3.8) is 0 Å². The van der Waals surface area contributed by atoms with E-state index in [0.717, 1.165) is 4.90 Å². The molecular weight excluding hydrogens is 356 g/mol. The Labute approximate surface area is 155 Å². The first-order valence-corrected chi connectivity index (χ1v) is 8.80. The Bertz CT molecular complexity index is 785. The van der Waals surface area contributed by atoms with Crippen LogP contribution in [0.5, 0.6) is 11.5 Å². The van der Waals surface area contributed by atoms with Crippen molar-refractivity contribution in [1.29, 1.82) is 0 Å². The molecular formula is C17H20N4O4S. The zero-order chi connectivity index (χ0) is 18.9. The average Bonchev–Trinajstić information content (AvgIpc) is 2.65. The molecule has 0 spiro atoms. The quantitative estimate of drug-likeness (QED) is 0.566. The van der Waals surface area contributed by atoms with Crippen LogP contribution in [-0.2, 0) is 9.53 Å². The maximum Gasteiger partial charge on any atom is 0.320 e. The molecule has 0 saturated heterocycles. The van der Waals surface area contributed by atoms with Crippen molar-refractivity contribution >= 4 is 29.6 Å². The molecule has 8 nitrogen and oxygen atoms in total. The Morgan fingerprint density at radius 3 is 2.77 bits per heavy atom. The topological polar surface area (TPSA) is 102 Å². The number of pyridine rings is 2. The van der Waals surface area contributed by atoms with Gasteiger partial charge in [0.05, 0.1) is 19.2 Å². The summed E-state index contributed by atoms with van der Waals surface area (Å²) < 4.78 is 10.5. The van der Waals surface area contributed by atoms with Crippen LogP contribution in [0.15, 0.2) is 35.5 Å². The SMILES string of the molecule is CNC(=O)Nc1ncc(SCCC(=O)OC)cc1Oc1cccnc1C. The summed E-state index contributed by atoms with van der Waals surface area (Å²) in [5.74, 6) is 1.50. The van der Waals surface area contributed by atoms with Crippen molar-refractivity contribution in [1.82, 2.24) is 15.3 Å². The third-order valence-electron chi connectivity index (χ3n) is 3.27. The zero-order valence-corrected chi connectivity index (χ0v) is 15.6. The smallest absolute Gasteiger partial charge is 0.320 e. The van der Waals surface area contributed by atoms with Crippen LogP contribution in [0.25, 0.3) is 0 Å². The minimum absolute atomic E-state index is 0.272. The van der Waals surface area contributed by atoms with Gasteiger partial charge < -0.3 is 14.8 Å². The van der Waals surface area contributed by atoms with E-state index in [4.69, 9.17) is 4.74 Å². The van der Waals surface area contributed by atoms with Crippen molar-refractivity contribution in [3.05, 3.63) is 36.3 Å². The van der Waals surface area contributed by atoms with Crippen LogP contribution in [-0.4, -0.2) is 41.9 Å². The number of nitrogens with zero attached hydrogens (tertiary/aromatic N) is 2. The molecule has 0 aliphatic heterocycles. The number of urea groups is 1. The zero-order valence-electron chi connectivity index (χ0n) is 14.7. The summed E-state index contributed by atoms with van der Waals surface area (Å²) in [6.07, 6.45) is 3.57. The van der Waals surface area contributed by atoms with Crippen LogP contribution in [0, 0.1) is 6.92 Å². The summed E-state index contributed by atoms with van der Waals surface area (Å²) in [4.78, 5) is 32.1. The molecule has 138 valence electrons. The van der Waals surface area contributed by atoms with Gasteiger partial charge in [0.2, 0.25) is 0 Å². The normalized spacial score (nSPS) is 10.1. The van der Waals surface area contributed by atoms with Gasteiger partial charge in [-0.2, -0.15) is 0 Å². The Morgan fingerprint density at radius 2 is 2.08 bits per heavy atom. The molecule has 26 heavy (non-hydrogen) atoms. The van der Waals surface area contributed by atoms with Gasteiger partial charge in [0.1, 0.15) is 5.75 Å². The van der Waals surface area contributed by atoms with E-state index >= 15 is 0 Å². The van der Waals surface area contributed by atoms with Crippen LogP contribution in [0.2, 0.25) is 0 Å². The molecule has 2 heterocycles. The van der Waals surface area contributed by atoms with Gasteiger partial charge in [-0.25, -0.2) is 9.78 Å². The second-order valence-corrected chi connectivity index (χ2v) is 6.25. The number of carbonyl (C=O) groups excluding carboxylic acids is 2. The van der Waals surface area contributed by atoms with Crippen LogP contribution in [0.4, 0.5) is 10.6 Å². The molecule has 2 aromatic rings. The van der Waals surface area contributed by atoms with Crippen molar-refractivity contribution in [2.45, 2.75) is 18.2 Å². The number of aryl methyl sites for hydroxylation is 1. The summed E-state index contributed by atoms with van der Waals surface area (Å²) >= 11 is 1.44. The number of esters is 1. The highest BCUT2D eigenvalue weighted by Gasteiger charge is 2.13. The van der Waals surface area contributed by atoms with Gasteiger partial charge in [-0.15, -0.1) is 11.8 Å². The van der Waals surface area contributed by atoms with E-state index < -0.39 is 6.03 Å². The third kappa shape index (κ3) is 5.62. The molecule has 9 heteroatoms. The first-order valence-electron chi connectivity index (χ1n) is 7.81. The number of methoxy groups -OCH3 is 1. The average molecular weight is 376 g/mol. The number of hydrogen-bond donors (Lipinski definition) is 2. The van der Waals surface area contributed by atoms with Crippen molar-refractivity contribution in [2.24, 2.45) is 0 Å². The number of carbonyl (C=O) groups is 2. The van der Waals surface area contributed by atoms with Crippen LogP contribution < -0.4 is 15.4 Å². The largest absolute Gasteiger partial charge is 0.469 e. The second kappa shape index (κ2) is 9.62. The lowest BCUT2D eigenvalue weighted by Crippen LogP contribution is -2.25. The molecule has 0 saturated carbocycles. The fraction of sp³-hybridized carbons (Fsp3) is 0.294. The first-order chi connectivity index (χ1) is 12.5. The van der Waals surface area contributed by atoms with Gasteiger partial charge in [0, 0.05) is 30.1 Å². The molecule has 0 bridgehead atoms. The van der Waals surface area contributed by atoms with E-state index in [0.29, 0.717) is 22.9 Å². The summed E-state index contributed by atoms with van der Waals surface area (Å²) in [7, 11) is 2.87. The van der Waals surface area contributed by atoms with Crippen molar-refractivity contribution in [3.8, 4) is 11.5 Å². The number of hydrogen-bond acceptors (Lipinski definition) is 7. The summed E-state index contributed by atoms with van der Waals surface area (Å²) in [6.45, 7) is 1.82. The first kappa shape index (κ1) is 19.5. The summed E-state index contributed by atoms with van der Waals surface area (Å²) in [5.41, 5.74) is 0.710. The van der Waals surface area contributed by atoms with Gasteiger partial charge in [0.25, 0.3) is 0 Å². The number of aromatic nitrogens is 2. The highest BCUT2D eigenvalue weighted by Crippen LogP contribution is 2.33. The summed E-state index contributed by atoms with van der Waals surface area (Å²) in [5, 5.41) is 5.09. The van der Waals surface area contributed by atoms with Gasteiger partial charge >= 0.3 is 12.0 Å². The maximum atomic E-state index is 11.6. The number of anilines is 1.